The van der Waals surface area contributed by atoms with Gasteiger partial charge in [0.25, 0.3) is 5.56 Å². The Balaban J connectivity index is 1.66. The van der Waals surface area contributed by atoms with Gasteiger partial charge in [0.15, 0.2) is 0 Å². The number of aromatic nitrogens is 2. The summed E-state index contributed by atoms with van der Waals surface area (Å²) in [7, 11) is 0. The average molecular weight is 440 g/mol. The molecule has 1 heterocycles. The number of nitrogens with one attached hydrogen (secondary N) is 1. The largest absolute Gasteiger partial charge is 0.416 e. The van der Waals surface area contributed by atoms with Gasteiger partial charge in [-0.05, 0) is 42.5 Å². The summed E-state index contributed by atoms with van der Waals surface area (Å²) < 4.78 is 39.7. The Bertz CT molecular complexity index is 1050. The van der Waals surface area contributed by atoms with E-state index < -0.39 is 17.6 Å². The third-order valence-corrected chi connectivity index (χ3v) is 4.36. The second-order valence-electron chi connectivity index (χ2n) is 5.78. The minimum Gasteiger partial charge on any atom is -0.326 e. The molecule has 140 valence electrons. The molecule has 0 unspecified atom stereocenters. The number of fused-ring (bicyclic) bond motifs is 1. The van der Waals surface area contributed by atoms with Crippen LogP contribution in [-0.4, -0.2) is 15.5 Å². The van der Waals surface area contributed by atoms with Crippen LogP contribution in [0.5, 0.6) is 0 Å². The van der Waals surface area contributed by atoms with Crippen molar-refractivity contribution in [3.63, 3.8) is 0 Å². The highest BCUT2D eigenvalue weighted by Crippen LogP contribution is 2.29. The van der Waals surface area contributed by atoms with E-state index in [0.717, 1.165) is 16.6 Å². The number of halogens is 4. The fourth-order valence-electron chi connectivity index (χ4n) is 2.48. The Morgan fingerprint density at radius 3 is 2.52 bits per heavy atom. The molecule has 1 N–H and O–H groups in total. The maximum absolute atomic E-state index is 12.5. The zero-order valence-corrected chi connectivity index (χ0v) is 15.3. The standard InChI is InChI=1S/C18H13BrF3N3O2/c19-12-3-6-15-14(9-12)17(27)25(10-23-15)8-7-16(26)24-13-4-1-11(2-5-13)18(20,21)22/h1-6,9-10H,7-8H2,(H,24,26). The van der Waals surface area contributed by atoms with Crippen LogP contribution in [0.2, 0.25) is 0 Å². The number of amides is 1. The lowest BCUT2D eigenvalue weighted by Gasteiger charge is -2.10. The van der Waals surface area contributed by atoms with E-state index in [1.807, 2.05) is 0 Å². The Morgan fingerprint density at radius 1 is 1.15 bits per heavy atom. The minimum absolute atomic E-state index is 0.0257. The number of hydrogen-bond donors (Lipinski definition) is 1. The van der Waals surface area contributed by atoms with E-state index in [9.17, 15) is 22.8 Å². The molecule has 0 saturated heterocycles. The summed E-state index contributed by atoms with van der Waals surface area (Å²) in [4.78, 5) is 28.6. The van der Waals surface area contributed by atoms with Crippen molar-refractivity contribution in [3.8, 4) is 0 Å². The Morgan fingerprint density at radius 2 is 1.85 bits per heavy atom. The van der Waals surface area contributed by atoms with Crippen molar-refractivity contribution in [2.24, 2.45) is 0 Å². The summed E-state index contributed by atoms with van der Waals surface area (Å²) in [5.41, 5.74) is -0.265. The van der Waals surface area contributed by atoms with Crippen molar-refractivity contribution in [1.82, 2.24) is 9.55 Å². The van der Waals surface area contributed by atoms with Gasteiger partial charge in [0, 0.05) is 23.1 Å². The first-order chi connectivity index (χ1) is 12.7. The second-order valence-corrected chi connectivity index (χ2v) is 6.69. The number of carbonyl (C=O) groups excluding carboxylic acids is 1. The first-order valence-corrected chi connectivity index (χ1v) is 8.65. The van der Waals surface area contributed by atoms with Crippen LogP contribution in [-0.2, 0) is 17.5 Å². The van der Waals surface area contributed by atoms with Crippen LogP contribution in [0.1, 0.15) is 12.0 Å². The van der Waals surface area contributed by atoms with Gasteiger partial charge in [-0.2, -0.15) is 13.2 Å². The lowest BCUT2D eigenvalue weighted by molar-refractivity contribution is -0.137. The van der Waals surface area contributed by atoms with E-state index in [0.29, 0.717) is 10.9 Å². The second kappa shape index (κ2) is 7.51. The molecular formula is C18H13BrF3N3O2. The molecule has 0 aliphatic heterocycles. The third-order valence-electron chi connectivity index (χ3n) is 3.86. The summed E-state index contributed by atoms with van der Waals surface area (Å²) >= 11 is 3.30. The Kier molecular flexibility index (Phi) is 5.31. The van der Waals surface area contributed by atoms with Crippen LogP contribution in [0.25, 0.3) is 10.9 Å². The van der Waals surface area contributed by atoms with Crippen LogP contribution in [0.3, 0.4) is 0 Å². The van der Waals surface area contributed by atoms with E-state index in [-0.39, 0.29) is 24.2 Å². The monoisotopic (exact) mass is 439 g/mol. The van der Waals surface area contributed by atoms with Gasteiger partial charge in [-0.15, -0.1) is 0 Å². The van der Waals surface area contributed by atoms with E-state index in [1.54, 1.807) is 18.2 Å². The molecule has 0 fully saturated rings. The molecule has 5 nitrogen and oxygen atoms in total. The number of aryl methyl sites for hydroxylation is 1. The van der Waals surface area contributed by atoms with Crippen molar-refractivity contribution < 1.29 is 18.0 Å². The number of carbonyl (C=O) groups is 1. The topological polar surface area (TPSA) is 64.0 Å². The molecule has 1 aromatic heterocycles. The molecule has 3 rings (SSSR count). The Labute approximate surface area is 160 Å². The van der Waals surface area contributed by atoms with Crippen molar-refractivity contribution in [3.05, 3.63) is 69.2 Å². The smallest absolute Gasteiger partial charge is 0.326 e. The summed E-state index contributed by atoms with van der Waals surface area (Å²) in [6.45, 7) is 0.0980. The zero-order valence-electron chi connectivity index (χ0n) is 13.8. The first-order valence-electron chi connectivity index (χ1n) is 7.86. The summed E-state index contributed by atoms with van der Waals surface area (Å²) in [5.74, 6) is -0.420. The number of nitrogens with zero attached hydrogens (tertiary/aromatic N) is 2. The van der Waals surface area contributed by atoms with E-state index in [2.05, 4.69) is 26.2 Å². The van der Waals surface area contributed by atoms with Crippen molar-refractivity contribution in [2.75, 3.05) is 5.32 Å². The van der Waals surface area contributed by atoms with E-state index in [4.69, 9.17) is 0 Å². The van der Waals surface area contributed by atoms with Gasteiger partial charge in [-0.3, -0.25) is 14.2 Å². The first kappa shape index (κ1) is 19.1. The summed E-state index contributed by atoms with van der Waals surface area (Å²) in [5, 5.41) is 2.93. The summed E-state index contributed by atoms with van der Waals surface area (Å²) in [6.07, 6.45) is -3.09. The predicted octanol–water partition coefficient (Wildman–Crippen LogP) is 4.21. The average Bonchev–Trinajstić information content (AvgIpc) is 2.61. The molecule has 2 aromatic carbocycles. The maximum Gasteiger partial charge on any atom is 0.416 e. The molecule has 27 heavy (non-hydrogen) atoms. The zero-order chi connectivity index (χ0) is 19.6. The van der Waals surface area contributed by atoms with Gasteiger partial charge in [0.2, 0.25) is 5.91 Å². The van der Waals surface area contributed by atoms with Crippen LogP contribution >= 0.6 is 15.9 Å². The highest BCUT2D eigenvalue weighted by atomic mass is 79.9. The fourth-order valence-corrected chi connectivity index (χ4v) is 2.84. The van der Waals surface area contributed by atoms with Crippen LogP contribution in [0.4, 0.5) is 18.9 Å². The van der Waals surface area contributed by atoms with Gasteiger partial charge < -0.3 is 5.32 Å². The number of anilines is 1. The molecule has 0 bridgehead atoms. The van der Waals surface area contributed by atoms with Crippen molar-refractivity contribution >= 4 is 38.4 Å². The van der Waals surface area contributed by atoms with E-state index in [1.165, 1.54) is 23.0 Å². The molecule has 0 atom stereocenters. The van der Waals surface area contributed by atoms with Crippen LogP contribution in [0.15, 0.2) is 58.1 Å². The SMILES string of the molecule is O=C(CCn1cnc2ccc(Br)cc2c1=O)Nc1ccc(C(F)(F)F)cc1. The predicted molar refractivity (Wildman–Crippen MR) is 98.4 cm³/mol. The van der Waals surface area contributed by atoms with Crippen LogP contribution in [0, 0.1) is 0 Å². The summed E-state index contributed by atoms with van der Waals surface area (Å²) in [6, 6.07) is 9.29. The molecule has 0 aliphatic carbocycles. The molecule has 0 aliphatic rings. The van der Waals surface area contributed by atoms with Gasteiger partial charge in [-0.1, -0.05) is 15.9 Å². The number of benzene rings is 2. The third kappa shape index (κ3) is 4.54. The van der Waals surface area contributed by atoms with Gasteiger partial charge in [0.05, 0.1) is 22.8 Å². The highest BCUT2D eigenvalue weighted by Gasteiger charge is 2.29. The molecular weight excluding hydrogens is 427 g/mol. The normalized spacial score (nSPS) is 11.6. The number of alkyl halides is 3. The van der Waals surface area contributed by atoms with E-state index >= 15 is 0 Å². The minimum atomic E-state index is -4.43. The molecule has 9 heteroatoms. The number of hydrogen-bond acceptors (Lipinski definition) is 3. The molecule has 0 spiro atoms. The highest BCUT2D eigenvalue weighted by molar-refractivity contribution is 9.10. The van der Waals surface area contributed by atoms with Crippen LogP contribution < -0.4 is 10.9 Å². The quantitative estimate of drug-likeness (QED) is 0.662. The Hall–Kier alpha value is -2.68. The van der Waals surface area contributed by atoms with Gasteiger partial charge in [-0.25, -0.2) is 4.98 Å². The van der Waals surface area contributed by atoms with Gasteiger partial charge >= 0.3 is 6.18 Å². The number of rotatable bonds is 4. The lowest BCUT2D eigenvalue weighted by Crippen LogP contribution is -2.23. The van der Waals surface area contributed by atoms with Crippen molar-refractivity contribution in [1.29, 1.82) is 0 Å². The fraction of sp³-hybridized carbons (Fsp3) is 0.167. The van der Waals surface area contributed by atoms with Gasteiger partial charge in [0.1, 0.15) is 0 Å². The maximum atomic E-state index is 12.5. The molecule has 3 aromatic rings. The molecule has 0 radical (unpaired) electrons. The lowest BCUT2D eigenvalue weighted by atomic mass is 10.2. The van der Waals surface area contributed by atoms with Crippen molar-refractivity contribution in [2.45, 2.75) is 19.1 Å². The molecule has 1 amide bonds. The molecule has 0 saturated carbocycles.